The molecule has 0 radical (unpaired) electrons. The number of methoxy groups -OCH3 is 1. The summed E-state index contributed by atoms with van der Waals surface area (Å²) in [6.07, 6.45) is 11.0. The number of carbonyl (C=O) groups excluding carboxylic acids is 2. The highest BCUT2D eigenvalue weighted by atomic mass is 32.2. The second-order valence-electron chi connectivity index (χ2n) is 15.5. The average molecular weight is 961 g/mol. The van der Waals surface area contributed by atoms with Gasteiger partial charge in [-0.25, -0.2) is 0 Å². The first kappa shape index (κ1) is 52.7. The molecule has 1 N–H and O–H groups in total. The van der Waals surface area contributed by atoms with E-state index in [1.165, 1.54) is 0 Å². The molecule has 4 heterocycles. The number of hydrogen-bond acceptors (Lipinski definition) is 11. The van der Waals surface area contributed by atoms with Crippen molar-refractivity contribution in [2.75, 3.05) is 19.6 Å². The Morgan fingerprint density at radius 1 is 0.629 bits per heavy atom. The Kier molecular flexibility index (Phi) is 19.0. The Hall–Kier alpha value is -8.28. The fourth-order valence-corrected chi connectivity index (χ4v) is 7.53. The van der Waals surface area contributed by atoms with Crippen molar-refractivity contribution in [2.45, 2.75) is 40.8 Å². The average Bonchev–Trinajstić information content (AvgIpc) is 3.96. The number of benzene rings is 4. The Morgan fingerprint density at radius 3 is 1.41 bits per heavy atom. The topological polar surface area (TPSA) is 173 Å². The van der Waals surface area contributed by atoms with Crippen LogP contribution in [0.2, 0.25) is 0 Å². The van der Waals surface area contributed by atoms with E-state index >= 15 is 0 Å². The largest absolute Gasteiger partial charge is 0.762 e. The highest BCUT2D eigenvalue weighted by Gasteiger charge is 2.19. The van der Waals surface area contributed by atoms with Gasteiger partial charge in [0.2, 0.25) is 0 Å². The number of hydrogen-bond donors (Lipinski definition) is 1. The number of Topliss-reactive ketones (excluding diaryl/α,β-unsaturated/α-hetero) is 2. The normalized spacial score (nSPS) is 10.2. The number of thioether (sulfide) groups is 1. The Morgan fingerprint density at radius 2 is 1.04 bits per heavy atom. The predicted octanol–water partition coefficient (Wildman–Crippen LogP) is 12.2. The van der Waals surface area contributed by atoms with Crippen LogP contribution in [-0.4, -0.2) is 73.4 Å². The maximum atomic E-state index is 12.0. The summed E-state index contributed by atoms with van der Waals surface area (Å²) in [7, 11) is -2.03. The quantitative estimate of drug-likeness (QED) is 0.0965. The number of nitrogens with zero attached hydrogens (tertiary/aromatic N) is 8. The van der Waals surface area contributed by atoms with E-state index in [2.05, 4.69) is 32.3 Å². The molecule has 0 bridgehead atoms. The Labute approximate surface area is 409 Å². The second-order valence-corrected chi connectivity index (χ2v) is 16.3. The summed E-state index contributed by atoms with van der Waals surface area (Å²) >= 11 is 1.75. The van der Waals surface area contributed by atoms with Crippen LogP contribution in [0.1, 0.15) is 45.7 Å². The van der Waals surface area contributed by atoms with Crippen molar-refractivity contribution in [3.63, 3.8) is 0 Å². The van der Waals surface area contributed by atoms with Crippen LogP contribution < -0.4 is 4.74 Å². The molecule has 0 aliphatic carbocycles. The SMILES string of the molecule is CC(=O)c1ccccc1-c1ccc(-c2cnn(CC#N)c2-c2cc(C)cc(O)c2)cn1.COc1cc(C)cc(-c2c(-c3ccc(-c4ccccc4C(C)=O)nc3)cnn2CC#N)c1.CSC.FB(F)F. The third-order valence-electron chi connectivity index (χ3n) is 10.3. The van der Waals surface area contributed by atoms with Crippen LogP contribution in [0.25, 0.3) is 67.3 Å². The number of aromatic hydroxyl groups is 1. The highest BCUT2D eigenvalue weighted by molar-refractivity contribution is 7.97. The summed E-state index contributed by atoms with van der Waals surface area (Å²) in [6, 6.07) is 38.0. The molecular formula is C53H48BF3N8O4S. The molecule has 17 heteroatoms. The standard InChI is InChI=1S/C26H22N4O2.C25H20N4O2.C2H6S.BF3/c1-17-12-20(14-21(13-17)32-3)26-24(16-29-30(26)11-10-27)19-8-9-25(28-15-19)23-7-5-4-6-22(23)18(2)31;1-16-11-19(13-20(31)12-16)25-23(15-28-29(25)10-9-26)18-7-8-24(27-14-18)22-6-4-3-5-21(22)17(2)30;1-3-2;2-1(3)4/h4-9,12-16H,11H2,1-3H3;3-8,11-15,31H,10H2,1-2H3;1-2H3;. The van der Waals surface area contributed by atoms with Gasteiger partial charge in [-0.05, 0) is 99.9 Å². The lowest BCUT2D eigenvalue weighted by Crippen LogP contribution is -2.01. The molecular weight excluding hydrogens is 913 g/mol. The van der Waals surface area contributed by atoms with E-state index in [4.69, 9.17) is 4.74 Å². The minimum absolute atomic E-state index is 0.0000580. The summed E-state index contributed by atoms with van der Waals surface area (Å²) in [5.41, 5.74) is 12.8. The smallest absolute Gasteiger partial charge is 0.508 e. The number of ether oxygens (including phenoxy) is 1. The Balaban J connectivity index is 0.000000230. The zero-order valence-corrected chi connectivity index (χ0v) is 40.3. The molecule has 0 fully saturated rings. The molecule has 4 aromatic carbocycles. The van der Waals surface area contributed by atoms with Crippen molar-refractivity contribution in [2.24, 2.45) is 0 Å². The number of halogens is 3. The third kappa shape index (κ3) is 13.5. The van der Waals surface area contributed by atoms with E-state index in [-0.39, 0.29) is 30.4 Å². The van der Waals surface area contributed by atoms with Crippen LogP contribution in [-0.2, 0) is 13.1 Å². The molecule has 70 heavy (non-hydrogen) atoms. The maximum absolute atomic E-state index is 12.0. The number of phenolic OH excluding ortho intramolecular Hbond substituents is 1. The molecule has 12 nitrogen and oxygen atoms in total. The van der Waals surface area contributed by atoms with Crippen molar-refractivity contribution in [1.82, 2.24) is 29.5 Å². The molecule has 0 aliphatic heterocycles. The van der Waals surface area contributed by atoms with Crippen molar-refractivity contribution in [3.05, 3.63) is 156 Å². The van der Waals surface area contributed by atoms with Gasteiger partial charge in [-0.3, -0.25) is 41.9 Å². The molecule has 4 aromatic heterocycles. The molecule has 0 amide bonds. The first-order valence-corrected chi connectivity index (χ1v) is 23.1. The van der Waals surface area contributed by atoms with E-state index in [9.17, 15) is 38.2 Å². The van der Waals surface area contributed by atoms with Crippen LogP contribution in [0.4, 0.5) is 12.9 Å². The van der Waals surface area contributed by atoms with E-state index in [1.54, 1.807) is 85.1 Å². The number of carbonyl (C=O) groups is 2. The number of phenols is 1. The number of rotatable bonds is 11. The molecule has 8 aromatic rings. The fourth-order valence-electron chi connectivity index (χ4n) is 7.53. The van der Waals surface area contributed by atoms with Gasteiger partial charge in [0.05, 0.1) is 54.4 Å². The van der Waals surface area contributed by atoms with Gasteiger partial charge in [-0.2, -0.15) is 32.5 Å². The molecule has 0 spiro atoms. The zero-order chi connectivity index (χ0) is 50.9. The minimum atomic E-state index is -3.67. The van der Waals surface area contributed by atoms with Crippen LogP contribution in [0.15, 0.2) is 134 Å². The summed E-state index contributed by atoms with van der Waals surface area (Å²) < 4.78 is 37.7. The monoisotopic (exact) mass is 960 g/mol. The maximum Gasteiger partial charge on any atom is 0.762 e. The molecule has 354 valence electrons. The van der Waals surface area contributed by atoms with Gasteiger partial charge >= 0.3 is 7.54 Å². The van der Waals surface area contributed by atoms with Gasteiger partial charge < -0.3 is 9.84 Å². The first-order chi connectivity index (χ1) is 33.6. The van der Waals surface area contributed by atoms with Gasteiger partial charge in [0.25, 0.3) is 0 Å². The predicted molar refractivity (Wildman–Crippen MR) is 270 cm³/mol. The number of pyridine rings is 2. The summed E-state index contributed by atoms with van der Waals surface area (Å²) in [6.45, 7) is 7.21. The summed E-state index contributed by atoms with van der Waals surface area (Å²) in [5, 5.41) is 37.4. The van der Waals surface area contributed by atoms with E-state index < -0.39 is 7.54 Å². The summed E-state index contributed by atoms with van der Waals surface area (Å²) in [5.74, 6) is 0.880. The van der Waals surface area contributed by atoms with E-state index in [1.807, 2.05) is 117 Å². The number of aromatic nitrogens is 6. The van der Waals surface area contributed by atoms with Gasteiger partial charge in [-0.1, -0.05) is 60.7 Å². The number of aryl methyl sites for hydroxylation is 2. The molecule has 8 rings (SSSR count). The van der Waals surface area contributed by atoms with Crippen LogP contribution >= 0.6 is 11.8 Å². The molecule has 0 atom stereocenters. The fraction of sp³-hybridized carbons (Fsp3) is 0.170. The van der Waals surface area contributed by atoms with Crippen molar-refractivity contribution in [3.8, 4) is 90.9 Å². The first-order valence-electron chi connectivity index (χ1n) is 21.4. The molecule has 0 saturated heterocycles. The van der Waals surface area contributed by atoms with Crippen LogP contribution in [0.3, 0.4) is 0 Å². The lowest BCUT2D eigenvalue weighted by molar-refractivity contribution is 0.101. The van der Waals surface area contributed by atoms with Crippen molar-refractivity contribution >= 4 is 30.9 Å². The van der Waals surface area contributed by atoms with E-state index in [0.717, 1.165) is 78.5 Å². The lowest BCUT2D eigenvalue weighted by Gasteiger charge is -2.11. The van der Waals surface area contributed by atoms with Crippen LogP contribution in [0.5, 0.6) is 11.5 Å². The lowest BCUT2D eigenvalue weighted by atomic mass is 9.98. The number of nitriles is 2. The van der Waals surface area contributed by atoms with Crippen LogP contribution in [0, 0.1) is 36.5 Å². The molecule has 0 saturated carbocycles. The van der Waals surface area contributed by atoms with Crippen molar-refractivity contribution < 1.29 is 32.4 Å². The van der Waals surface area contributed by atoms with Crippen molar-refractivity contribution in [1.29, 1.82) is 10.5 Å². The minimum Gasteiger partial charge on any atom is -0.508 e. The summed E-state index contributed by atoms with van der Waals surface area (Å²) in [4.78, 5) is 33.2. The number of ketones is 2. The zero-order valence-electron chi connectivity index (χ0n) is 39.5. The highest BCUT2D eigenvalue weighted by Crippen LogP contribution is 2.37. The van der Waals surface area contributed by atoms with Gasteiger partial charge in [0.15, 0.2) is 11.6 Å². The van der Waals surface area contributed by atoms with Gasteiger partial charge in [-0.15, -0.1) is 0 Å². The van der Waals surface area contributed by atoms with Gasteiger partial charge in [0.1, 0.15) is 24.6 Å². The van der Waals surface area contributed by atoms with Gasteiger partial charge in [0, 0.05) is 68.0 Å². The molecule has 0 unspecified atom stereocenters. The third-order valence-corrected chi connectivity index (χ3v) is 10.3. The second kappa shape index (κ2) is 25.2. The van der Waals surface area contributed by atoms with E-state index in [0.29, 0.717) is 16.8 Å². The Bertz CT molecular complexity index is 3140. The molecule has 0 aliphatic rings.